The molecule has 1 aliphatic heterocycles. The molecule has 1 aromatic rings. The van der Waals surface area contributed by atoms with E-state index in [-0.39, 0.29) is 5.69 Å². The van der Waals surface area contributed by atoms with Crippen molar-refractivity contribution in [1.82, 2.24) is 9.55 Å². The van der Waals surface area contributed by atoms with Gasteiger partial charge in [0.05, 0.1) is 5.69 Å². The maximum Gasteiger partial charge on any atom is 0.398 e. The third-order valence-corrected chi connectivity index (χ3v) is 2.92. The maximum absolute atomic E-state index is 12.6. The van der Waals surface area contributed by atoms with Crippen molar-refractivity contribution in [3.05, 3.63) is 17.7 Å². The molecule has 0 fully saturated rings. The van der Waals surface area contributed by atoms with Gasteiger partial charge in [0.25, 0.3) is 0 Å². The fourth-order valence-electron chi connectivity index (χ4n) is 2.02. The molecule has 0 saturated carbocycles. The molecule has 0 aromatic carbocycles. The summed E-state index contributed by atoms with van der Waals surface area (Å²) < 4.78 is 39.7. The Morgan fingerprint density at radius 1 is 1.44 bits per heavy atom. The molecule has 0 radical (unpaired) electrons. The average Bonchev–Trinajstić information content (AvgIpc) is 2.59. The van der Waals surface area contributed by atoms with Crippen molar-refractivity contribution in [2.45, 2.75) is 37.9 Å². The fourth-order valence-corrected chi connectivity index (χ4v) is 2.02. The summed E-state index contributed by atoms with van der Waals surface area (Å²) in [5.74, 6) is -0.880. The largest absolute Gasteiger partial charge is 0.398 e. The fraction of sp³-hybridized carbons (Fsp3) is 0.700. The number of imidazole rings is 1. The summed E-state index contributed by atoms with van der Waals surface area (Å²) in [7, 11) is 0. The Balaban J connectivity index is 2.29. The molecule has 0 spiro atoms. The van der Waals surface area contributed by atoms with E-state index in [1.165, 1.54) is 6.20 Å². The summed E-state index contributed by atoms with van der Waals surface area (Å²) >= 11 is 0. The highest BCUT2D eigenvalue weighted by molar-refractivity contribution is 5.13. The molecule has 2 heterocycles. The molecular formula is C10H14F3N3. The molecule has 90 valence electrons. The smallest absolute Gasteiger partial charge is 0.335 e. The van der Waals surface area contributed by atoms with E-state index in [1.807, 2.05) is 4.57 Å². The van der Waals surface area contributed by atoms with Gasteiger partial charge in [-0.3, -0.25) is 0 Å². The van der Waals surface area contributed by atoms with Crippen LogP contribution in [-0.2, 0) is 13.0 Å². The molecule has 1 unspecified atom stereocenters. The van der Waals surface area contributed by atoms with Crippen LogP contribution in [-0.4, -0.2) is 22.3 Å². The first kappa shape index (κ1) is 11.4. The van der Waals surface area contributed by atoms with Gasteiger partial charge in [-0.1, -0.05) is 0 Å². The normalized spacial score (nSPS) is 18.2. The highest BCUT2D eigenvalue weighted by atomic mass is 19.4. The van der Waals surface area contributed by atoms with E-state index in [0.717, 1.165) is 31.6 Å². The van der Waals surface area contributed by atoms with E-state index in [4.69, 9.17) is 5.73 Å². The second kappa shape index (κ2) is 4.08. The Kier molecular flexibility index (Phi) is 2.92. The quantitative estimate of drug-likeness (QED) is 0.846. The Labute approximate surface area is 91.5 Å². The standard InChI is InChI=1S/C10H14F3N3/c11-10(12,13)7(5-14)8-6-16-4-2-1-3-9(16)15-8/h6-7H,1-5,14H2. The summed E-state index contributed by atoms with van der Waals surface area (Å²) in [6.07, 6.45) is -0.0498. The number of aryl methyl sites for hydroxylation is 2. The maximum atomic E-state index is 12.6. The first-order chi connectivity index (χ1) is 7.52. The molecule has 6 heteroatoms. The first-order valence-corrected chi connectivity index (χ1v) is 5.35. The molecule has 2 N–H and O–H groups in total. The SMILES string of the molecule is NCC(c1cn2c(n1)CCCC2)C(F)(F)F. The third kappa shape index (κ3) is 2.07. The molecule has 0 amide bonds. The number of alkyl halides is 3. The van der Waals surface area contributed by atoms with Crippen LogP contribution in [0.5, 0.6) is 0 Å². The zero-order valence-corrected chi connectivity index (χ0v) is 8.80. The van der Waals surface area contributed by atoms with Crippen molar-refractivity contribution >= 4 is 0 Å². The van der Waals surface area contributed by atoms with Gasteiger partial charge in [-0.2, -0.15) is 13.2 Å². The topological polar surface area (TPSA) is 43.8 Å². The lowest BCUT2D eigenvalue weighted by molar-refractivity contribution is -0.148. The zero-order chi connectivity index (χ0) is 11.8. The van der Waals surface area contributed by atoms with E-state index in [0.29, 0.717) is 0 Å². The van der Waals surface area contributed by atoms with Gasteiger partial charge in [-0.15, -0.1) is 0 Å². The number of fused-ring (bicyclic) bond motifs is 1. The van der Waals surface area contributed by atoms with E-state index in [1.54, 1.807) is 0 Å². The summed E-state index contributed by atoms with van der Waals surface area (Å²) in [5.41, 5.74) is 5.24. The molecule has 0 bridgehead atoms. The van der Waals surface area contributed by atoms with Crippen LogP contribution in [0.2, 0.25) is 0 Å². The van der Waals surface area contributed by atoms with Gasteiger partial charge in [0.1, 0.15) is 11.7 Å². The van der Waals surface area contributed by atoms with Gasteiger partial charge in [-0.05, 0) is 12.8 Å². The minimum Gasteiger partial charge on any atom is -0.335 e. The molecule has 16 heavy (non-hydrogen) atoms. The van der Waals surface area contributed by atoms with Crippen molar-refractivity contribution in [2.75, 3.05) is 6.54 Å². The Morgan fingerprint density at radius 2 is 2.19 bits per heavy atom. The Morgan fingerprint density at radius 3 is 2.75 bits per heavy atom. The number of halogens is 3. The number of nitrogens with two attached hydrogens (primary N) is 1. The molecule has 2 rings (SSSR count). The van der Waals surface area contributed by atoms with E-state index >= 15 is 0 Å². The summed E-state index contributed by atoms with van der Waals surface area (Å²) in [6.45, 7) is 0.317. The number of aromatic nitrogens is 2. The third-order valence-electron chi connectivity index (χ3n) is 2.92. The lowest BCUT2D eigenvalue weighted by Gasteiger charge is -2.15. The molecule has 3 nitrogen and oxygen atoms in total. The second-order valence-electron chi connectivity index (χ2n) is 4.06. The van der Waals surface area contributed by atoms with Gasteiger partial charge in [-0.25, -0.2) is 4.98 Å². The molecular weight excluding hydrogens is 219 g/mol. The predicted octanol–water partition coefficient (Wildman–Crippen LogP) is 1.82. The summed E-state index contributed by atoms with van der Waals surface area (Å²) in [4.78, 5) is 4.05. The Hall–Kier alpha value is -1.04. The van der Waals surface area contributed by atoms with Crippen LogP contribution < -0.4 is 5.73 Å². The number of hydrogen-bond donors (Lipinski definition) is 1. The molecule has 1 aromatic heterocycles. The predicted molar refractivity (Wildman–Crippen MR) is 53.0 cm³/mol. The monoisotopic (exact) mass is 233 g/mol. The van der Waals surface area contributed by atoms with Gasteiger partial charge in [0.2, 0.25) is 0 Å². The van der Waals surface area contributed by atoms with Crippen molar-refractivity contribution in [1.29, 1.82) is 0 Å². The number of rotatable bonds is 2. The van der Waals surface area contributed by atoms with Crippen LogP contribution in [0.3, 0.4) is 0 Å². The van der Waals surface area contributed by atoms with Crippen molar-refractivity contribution in [3.8, 4) is 0 Å². The van der Waals surface area contributed by atoms with Crippen LogP contribution in [0.1, 0.15) is 30.3 Å². The highest BCUT2D eigenvalue weighted by Gasteiger charge is 2.41. The summed E-state index contributed by atoms with van der Waals surface area (Å²) in [5, 5.41) is 0. The summed E-state index contributed by atoms with van der Waals surface area (Å²) in [6, 6.07) is 0. The van der Waals surface area contributed by atoms with Crippen LogP contribution in [0, 0.1) is 0 Å². The number of hydrogen-bond acceptors (Lipinski definition) is 2. The molecule has 0 aliphatic carbocycles. The average molecular weight is 233 g/mol. The van der Waals surface area contributed by atoms with Crippen molar-refractivity contribution < 1.29 is 13.2 Å². The molecule has 0 saturated heterocycles. The Bertz CT molecular complexity index is 346. The van der Waals surface area contributed by atoms with Crippen LogP contribution >= 0.6 is 0 Å². The minimum atomic E-state index is -4.31. The lowest BCUT2D eigenvalue weighted by Crippen LogP contribution is -2.28. The number of nitrogens with zero attached hydrogens (tertiary/aromatic N) is 2. The van der Waals surface area contributed by atoms with Crippen LogP contribution in [0.25, 0.3) is 0 Å². The highest BCUT2D eigenvalue weighted by Crippen LogP contribution is 2.34. The van der Waals surface area contributed by atoms with Crippen molar-refractivity contribution in [3.63, 3.8) is 0 Å². The molecule has 1 atom stereocenters. The van der Waals surface area contributed by atoms with Gasteiger partial charge in [0, 0.05) is 25.7 Å². The van der Waals surface area contributed by atoms with E-state index < -0.39 is 18.6 Å². The zero-order valence-electron chi connectivity index (χ0n) is 8.80. The first-order valence-electron chi connectivity index (χ1n) is 5.35. The van der Waals surface area contributed by atoms with Crippen LogP contribution in [0.15, 0.2) is 6.20 Å². The van der Waals surface area contributed by atoms with E-state index in [2.05, 4.69) is 4.98 Å². The lowest BCUT2D eigenvalue weighted by atomic mass is 10.1. The van der Waals surface area contributed by atoms with Gasteiger partial charge in [0.15, 0.2) is 0 Å². The second-order valence-corrected chi connectivity index (χ2v) is 4.06. The van der Waals surface area contributed by atoms with Gasteiger partial charge >= 0.3 is 6.18 Å². The molecule has 1 aliphatic rings. The van der Waals surface area contributed by atoms with Crippen LogP contribution in [0.4, 0.5) is 13.2 Å². The minimum absolute atomic E-state index is 0.0619. The van der Waals surface area contributed by atoms with Gasteiger partial charge < -0.3 is 10.3 Å². The van der Waals surface area contributed by atoms with Crippen molar-refractivity contribution in [2.24, 2.45) is 5.73 Å². The van der Waals surface area contributed by atoms with E-state index in [9.17, 15) is 13.2 Å².